The lowest BCUT2D eigenvalue weighted by Crippen LogP contribution is -2.49. The van der Waals surface area contributed by atoms with Gasteiger partial charge in [0.2, 0.25) is 0 Å². The number of nitrogens with two attached hydrogens (primary N) is 1. The molecule has 0 aromatic carbocycles. The van der Waals surface area contributed by atoms with Crippen molar-refractivity contribution in [3.8, 4) is 0 Å². The highest BCUT2D eigenvalue weighted by Gasteiger charge is 2.27. The number of halogens is 1. The van der Waals surface area contributed by atoms with Crippen molar-refractivity contribution in [1.82, 2.24) is 10.2 Å². The van der Waals surface area contributed by atoms with Gasteiger partial charge in [0, 0.05) is 12.1 Å². The average Bonchev–Trinajstić information content (AvgIpc) is 2.36. The summed E-state index contributed by atoms with van der Waals surface area (Å²) in [6.07, 6.45) is 8.09. The van der Waals surface area contributed by atoms with E-state index in [1.807, 2.05) is 0 Å². The van der Waals surface area contributed by atoms with Crippen molar-refractivity contribution in [2.75, 3.05) is 26.2 Å². The fourth-order valence-electron chi connectivity index (χ4n) is 2.88. The molecule has 118 valence electrons. The SMILES string of the molecule is CC(C)(CN=C(N)NCC1CCC1)N1CCCCC1.I. The van der Waals surface area contributed by atoms with E-state index in [-0.39, 0.29) is 29.5 Å². The van der Waals surface area contributed by atoms with Crippen LogP contribution in [0.3, 0.4) is 0 Å². The molecule has 0 aromatic heterocycles. The molecule has 0 amide bonds. The van der Waals surface area contributed by atoms with Gasteiger partial charge in [-0.05, 0) is 58.5 Å². The van der Waals surface area contributed by atoms with Crippen LogP contribution in [0.25, 0.3) is 0 Å². The molecular weight excluding hydrogens is 363 g/mol. The lowest BCUT2D eigenvalue weighted by atomic mass is 9.85. The van der Waals surface area contributed by atoms with Gasteiger partial charge in [-0.3, -0.25) is 9.89 Å². The second-order valence-corrected chi connectivity index (χ2v) is 6.74. The maximum atomic E-state index is 5.96. The molecule has 0 spiro atoms. The van der Waals surface area contributed by atoms with E-state index >= 15 is 0 Å². The first kappa shape index (κ1) is 18.0. The van der Waals surface area contributed by atoms with Crippen LogP contribution < -0.4 is 11.1 Å². The predicted molar refractivity (Wildman–Crippen MR) is 96.8 cm³/mol. The van der Waals surface area contributed by atoms with Crippen LogP contribution in [0.4, 0.5) is 0 Å². The molecular formula is C15H31IN4. The fraction of sp³-hybridized carbons (Fsp3) is 0.933. The van der Waals surface area contributed by atoms with E-state index in [0.29, 0.717) is 5.96 Å². The van der Waals surface area contributed by atoms with E-state index in [1.165, 1.54) is 51.6 Å². The third kappa shape index (κ3) is 5.39. The van der Waals surface area contributed by atoms with Gasteiger partial charge in [0.15, 0.2) is 5.96 Å². The molecule has 5 heteroatoms. The Morgan fingerprint density at radius 3 is 2.40 bits per heavy atom. The number of likely N-dealkylation sites (tertiary alicyclic amines) is 1. The standard InChI is InChI=1S/C15H30N4.HI/c1-15(2,19-9-4-3-5-10-19)12-18-14(16)17-11-13-7-6-8-13;/h13H,3-12H2,1-2H3,(H3,16,17,18);1H. The zero-order valence-electron chi connectivity index (χ0n) is 13.0. The fourth-order valence-corrected chi connectivity index (χ4v) is 2.88. The molecule has 0 unspecified atom stereocenters. The number of hydrogen-bond donors (Lipinski definition) is 2. The van der Waals surface area contributed by atoms with E-state index in [9.17, 15) is 0 Å². The van der Waals surface area contributed by atoms with E-state index in [0.717, 1.165) is 19.0 Å². The van der Waals surface area contributed by atoms with Crippen LogP contribution in [0, 0.1) is 5.92 Å². The summed E-state index contributed by atoms with van der Waals surface area (Å²) in [5.41, 5.74) is 6.09. The average molecular weight is 394 g/mol. The molecule has 0 bridgehead atoms. The van der Waals surface area contributed by atoms with Crippen LogP contribution in [0.5, 0.6) is 0 Å². The van der Waals surface area contributed by atoms with Crippen molar-refractivity contribution >= 4 is 29.9 Å². The van der Waals surface area contributed by atoms with Crippen molar-refractivity contribution in [2.45, 2.75) is 57.9 Å². The van der Waals surface area contributed by atoms with E-state index in [2.05, 4.69) is 29.1 Å². The molecule has 3 N–H and O–H groups in total. The van der Waals surface area contributed by atoms with Crippen molar-refractivity contribution in [1.29, 1.82) is 0 Å². The minimum absolute atomic E-state index is 0. The third-order valence-corrected chi connectivity index (χ3v) is 4.65. The molecule has 20 heavy (non-hydrogen) atoms. The van der Waals surface area contributed by atoms with Gasteiger partial charge in [0.1, 0.15) is 0 Å². The van der Waals surface area contributed by atoms with E-state index in [1.54, 1.807) is 0 Å². The maximum Gasteiger partial charge on any atom is 0.188 e. The number of aliphatic imine (C=N–C) groups is 1. The number of nitrogens with zero attached hydrogens (tertiary/aromatic N) is 2. The largest absolute Gasteiger partial charge is 0.370 e. The Morgan fingerprint density at radius 1 is 1.20 bits per heavy atom. The molecule has 2 rings (SSSR count). The molecule has 1 heterocycles. The monoisotopic (exact) mass is 394 g/mol. The number of guanidine groups is 1. The molecule has 0 atom stereocenters. The van der Waals surface area contributed by atoms with Gasteiger partial charge in [-0.2, -0.15) is 0 Å². The zero-order valence-corrected chi connectivity index (χ0v) is 15.4. The summed E-state index contributed by atoms with van der Waals surface area (Å²) in [7, 11) is 0. The maximum absolute atomic E-state index is 5.96. The van der Waals surface area contributed by atoms with Crippen LogP contribution in [0.2, 0.25) is 0 Å². The lowest BCUT2D eigenvalue weighted by molar-refractivity contribution is 0.102. The molecule has 1 aliphatic carbocycles. The Balaban J connectivity index is 0.00000200. The quantitative estimate of drug-likeness (QED) is 0.428. The molecule has 1 saturated carbocycles. The third-order valence-electron chi connectivity index (χ3n) is 4.65. The topological polar surface area (TPSA) is 53.6 Å². The molecule has 0 aromatic rings. The normalized spacial score (nSPS) is 22.0. The second-order valence-electron chi connectivity index (χ2n) is 6.74. The first-order valence-electron chi connectivity index (χ1n) is 7.87. The van der Waals surface area contributed by atoms with Crippen LogP contribution in [-0.4, -0.2) is 42.6 Å². The summed E-state index contributed by atoms with van der Waals surface area (Å²) < 4.78 is 0. The number of nitrogens with one attached hydrogen (secondary N) is 1. The minimum atomic E-state index is 0. The van der Waals surface area contributed by atoms with Gasteiger partial charge in [-0.15, -0.1) is 24.0 Å². The van der Waals surface area contributed by atoms with Gasteiger partial charge in [-0.1, -0.05) is 12.8 Å². The Bertz CT molecular complexity index is 307. The molecule has 1 aliphatic heterocycles. The number of piperidine rings is 1. The minimum Gasteiger partial charge on any atom is -0.370 e. The molecule has 0 radical (unpaired) electrons. The number of hydrogen-bond acceptors (Lipinski definition) is 2. The summed E-state index contributed by atoms with van der Waals surface area (Å²) in [6, 6.07) is 0. The Labute approximate surface area is 141 Å². The summed E-state index contributed by atoms with van der Waals surface area (Å²) in [4.78, 5) is 7.10. The summed E-state index contributed by atoms with van der Waals surface area (Å²) in [6.45, 7) is 8.76. The van der Waals surface area contributed by atoms with Crippen molar-refractivity contribution in [3.63, 3.8) is 0 Å². The van der Waals surface area contributed by atoms with Crippen LogP contribution >= 0.6 is 24.0 Å². The van der Waals surface area contributed by atoms with Gasteiger partial charge < -0.3 is 11.1 Å². The zero-order chi connectivity index (χ0) is 13.7. The Morgan fingerprint density at radius 2 is 1.85 bits per heavy atom. The molecule has 1 saturated heterocycles. The number of rotatable bonds is 5. The van der Waals surface area contributed by atoms with Crippen molar-refractivity contribution in [3.05, 3.63) is 0 Å². The molecule has 2 aliphatic rings. The molecule has 2 fully saturated rings. The van der Waals surface area contributed by atoms with Gasteiger partial charge in [0.25, 0.3) is 0 Å². The van der Waals surface area contributed by atoms with Gasteiger partial charge in [0.05, 0.1) is 6.54 Å². The van der Waals surface area contributed by atoms with Crippen molar-refractivity contribution < 1.29 is 0 Å². The van der Waals surface area contributed by atoms with E-state index < -0.39 is 0 Å². The van der Waals surface area contributed by atoms with Crippen LogP contribution in [0.1, 0.15) is 52.4 Å². The Hall–Kier alpha value is -0.0400. The first-order valence-corrected chi connectivity index (χ1v) is 7.87. The van der Waals surface area contributed by atoms with Crippen LogP contribution in [-0.2, 0) is 0 Å². The first-order chi connectivity index (χ1) is 9.08. The van der Waals surface area contributed by atoms with Crippen LogP contribution in [0.15, 0.2) is 4.99 Å². The Kier molecular flexibility index (Phi) is 7.58. The van der Waals surface area contributed by atoms with Gasteiger partial charge in [-0.25, -0.2) is 0 Å². The highest BCUT2D eigenvalue weighted by Crippen LogP contribution is 2.25. The summed E-state index contributed by atoms with van der Waals surface area (Å²) >= 11 is 0. The summed E-state index contributed by atoms with van der Waals surface area (Å²) in [5, 5.41) is 3.27. The van der Waals surface area contributed by atoms with E-state index in [4.69, 9.17) is 5.73 Å². The highest BCUT2D eigenvalue weighted by atomic mass is 127. The molecule has 4 nitrogen and oxygen atoms in total. The van der Waals surface area contributed by atoms with Crippen molar-refractivity contribution in [2.24, 2.45) is 16.6 Å². The smallest absolute Gasteiger partial charge is 0.188 e. The predicted octanol–water partition coefficient (Wildman–Crippen LogP) is 2.57. The highest BCUT2D eigenvalue weighted by molar-refractivity contribution is 14.0. The second kappa shape index (κ2) is 8.41. The summed E-state index contributed by atoms with van der Waals surface area (Å²) in [5.74, 6) is 1.45. The lowest BCUT2D eigenvalue weighted by Gasteiger charge is -2.40. The van der Waals surface area contributed by atoms with Gasteiger partial charge >= 0.3 is 0 Å².